The molecule has 0 fully saturated rings. The van der Waals surface area contributed by atoms with Crippen molar-refractivity contribution in [1.29, 1.82) is 0 Å². The molecule has 1 unspecified atom stereocenters. The summed E-state index contributed by atoms with van der Waals surface area (Å²) >= 11 is 9.30. The van der Waals surface area contributed by atoms with Gasteiger partial charge in [0, 0.05) is 10.6 Å². The molecule has 82 valence electrons. The predicted octanol–water partition coefficient (Wildman–Crippen LogP) is 4.39. The average Bonchev–Trinajstić information content (AvgIpc) is 2.21. The van der Waals surface area contributed by atoms with E-state index in [-0.39, 0.29) is 10.6 Å². The fourth-order valence-electron chi connectivity index (χ4n) is 1.36. The van der Waals surface area contributed by atoms with Gasteiger partial charge in [-0.25, -0.2) is 0 Å². The summed E-state index contributed by atoms with van der Waals surface area (Å²) in [6.07, 6.45) is 1.86. The number of hydrogen-bond acceptors (Lipinski definition) is 1. The number of hydrogen-bond donors (Lipinski definition) is 0. The van der Waals surface area contributed by atoms with Crippen molar-refractivity contribution >= 4 is 33.3 Å². The summed E-state index contributed by atoms with van der Waals surface area (Å²) in [5.74, 6) is 0.136. The molecule has 1 aromatic carbocycles. The lowest BCUT2D eigenvalue weighted by atomic mass is 10.0. The van der Waals surface area contributed by atoms with Gasteiger partial charge in [-0.15, -0.1) is 0 Å². The van der Waals surface area contributed by atoms with Crippen LogP contribution in [0.2, 0.25) is 5.02 Å². The fraction of sp³-hybridized carbons (Fsp3) is 0.417. The number of halogens is 2. The smallest absolute Gasteiger partial charge is 0.176 e. The molecular formula is C12H14BrClO. The summed E-state index contributed by atoms with van der Waals surface area (Å²) in [5, 5.41) is 0.702. The highest BCUT2D eigenvalue weighted by Gasteiger charge is 2.16. The zero-order valence-corrected chi connectivity index (χ0v) is 11.2. The van der Waals surface area contributed by atoms with Crippen LogP contribution in [0.25, 0.3) is 0 Å². The highest BCUT2D eigenvalue weighted by molar-refractivity contribution is 9.10. The van der Waals surface area contributed by atoms with Gasteiger partial charge in [-0.1, -0.05) is 40.9 Å². The summed E-state index contributed by atoms with van der Waals surface area (Å²) in [5.41, 5.74) is 1.67. The molecule has 0 amide bonds. The Morgan fingerprint density at radius 3 is 2.73 bits per heavy atom. The van der Waals surface area contributed by atoms with E-state index in [1.165, 1.54) is 0 Å². The second kappa shape index (κ2) is 5.66. The van der Waals surface area contributed by atoms with Crippen LogP contribution in [0.1, 0.15) is 35.7 Å². The number of ketones is 1. The molecular weight excluding hydrogens is 275 g/mol. The van der Waals surface area contributed by atoms with Crippen molar-refractivity contribution in [3.63, 3.8) is 0 Å². The van der Waals surface area contributed by atoms with E-state index in [2.05, 4.69) is 22.9 Å². The van der Waals surface area contributed by atoms with Gasteiger partial charge in [-0.3, -0.25) is 4.79 Å². The molecule has 0 N–H and O–H groups in total. The number of alkyl halides is 1. The van der Waals surface area contributed by atoms with Crippen molar-refractivity contribution in [3.8, 4) is 0 Å². The zero-order valence-electron chi connectivity index (χ0n) is 8.89. The Labute approximate surface area is 104 Å². The van der Waals surface area contributed by atoms with Gasteiger partial charge < -0.3 is 0 Å². The van der Waals surface area contributed by atoms with Gasteiger partial charge in [0.1, 0.15) is 0 Å². The van der Waals surface area contributed by atoms with Gasteiger partial charge in [0.15, 0.2) is 5.78 Å². The van der Waals surface area contributed by atoms with Crippen LogP contribution in [0.3, 0.4) is 0 Å². The van der Waals surface area contributed by atoms with Crippen molar-refractivity contribution < 1.29 is 4.79 Å². The standard InChI is InChI=1S/C12H14BrClO/c1-3-4-10(13)12(15)9-5-6-11(14)8(2)7-9/h5-7,10H,3-4H2,1-2H3. The molecule has 0 radical (unpaired) electrons. The third kappa shape index (κ3) is 3.32. The van der Waals surface area contributed by atoms with Gasteiger partial charge in [-0.2, -0.15) is 0 Å². The van der Waals surface area contributed by atoms with E-state index < -0.39 is 0 Å². The molecule has 0 aliphatic rings. The molecule has 1 aromatic rings. The van der Waals surface area contributed by atoms with Gasteiger partial charge in [-0.05, 0) is 37.1 Å². The molecule has 0 saturated heterocycles. The van der Waals surface area contributed by atoms with E-state index >= 15 is 0 Å². The van der Waals surface area contributed by atoms with E-state index in [0.29, 0.717) is 5.02 Å². The fourth-order valence-corrected chi connectivity index (χ4v) is 2.20. The quantitative estimate of drug-likeness (QED) is 0.593. The molecule has 1 atom stereocenters. The Hall–Kier alpha value is -0.340. The molecule has 0 aliphatic carbocycles. The monoisotopic (exact) mass is 288 g/mol. The summed E-state index contributed by atoms with van der Waals surface area (Å²) in [6.45, 7) is 3.97. The summed E-state index contributed by atoms with van der Waals surface area (Å²) < 4.78 is 0. The van der Waals surface area contributed by atoms with Gasteiger partial charge in [0.25, 0.3) is 0 Å². The van der Waals surface area contributed by atoms with Gasteiger partial charge in [0.2, 0.25) is 0 Å². The number of aryl methyl sites for hydroxylation is 1. The largest absolute Gasteiger partial charge is 0.293 e. The van der Waals surface area contributed by atoms with Crippen LogP contribution in [0, 0.1) is 6.92 Å². The molecule has 0 aliphatic heterocycles. The highest BCUT2D eigenvalue weighted by Crippen LogP contribution is 2.20. The Morgan fingerprint density at radius 2 is 2.20 bits per heavy atom. The number of Topliss-reactive ketones (excluding diaryl/α,β-unsaturated/α-hetero) is 1. The van der Waals surface area contributed by atoms with Crippen molar-refractivity contribution in [3.05, 3.63) is 34.3 Å². The van der Waals surface area contributed by atoms with Gasteiger partial charge in [0.05, 0.1) is 4.83 Å². The van der Waals surface area contributed by atoms with E-state index in [1.807, 2.05) is 13.0 Å². The molecule has 0 bridgehead atoms. The lowest BCUT2D eigenvalue weighted by molar-refractivity contribution is 0.0988. The van der Waals surface area contributed by atoms with Crippen LogP contribution in [0.4, 0.5) is 0 Å². The van der Waals surface area contributed by atoms with E-state index in [0.717, 1.165) is 24.0 Å². The van der Waals surface area contributed by atoms with Crippen molar-refractivity contribution in [1.82, 2.24) is 0 Å². The third-order valence-corrected chi connectivity index (χ3v) is 3.57. The maximum atomic E-state index is 11.9. The maximum absolute atomic E-state index is 11.9. The van der Waals surface area contributed by atoms with Crippen LogP contribution in [0.15, 0.2) is 18.2 Å². The lowest BCUT2D eigenvalue weighted by Gasteiger charge is -2.08. The SMILES string of the molecule is CCCC(Br)C(=O)c1ccc(Cl)c(C)c1. The average molecular weight is 290 g/mol. The highest BCUT2D eigenvalue weighted by atomic mass is 79.9. The van der Waals surface area contributed by atoms with Crippen LogP contribution in [-0.4, -0.2) is 10.6 Å². The minimum absolute atomic E-state index is 0.0805. The third-order valence-electron chi connectivity index (χ3n) is 2.27. The summed E-state index contributed by atoms with van der Waals surface area (Å²) in [6, 6.07) is 5.39. The molecule has 1 nitrogen and oxygen atoms in total. The molecule has 1 rings (SSSR count). The molecule has 15 heavy (non-hydrogen) atoms. The summed E-state index contributed by atoms with van der Waals surface area (Å²) in [4.78, 5) is 11.8. The first-order chi connectivity index (χ1) is 7.06. The number of benzene rings is 1. The normalized spacial score (nSPS) is 12.5. The van der Waals surface area contributed by atoms with Crippen LogP contribution >= 0.6 is 27.5 Å². The second-order valence-corrected chi connectivity index (χ2v) is 5.10. The van der Waals surface area contributed by atoms with Gasteiger partial charge >= 0.3 is 0 Å². The molecule has 0 saturated carbocycles. The Morgan fingerprint density at radius 1 is 1.53 bits per heavy atom. The zero-order chi connectivity index (χ0) is 11.4. The molecule has 0 heterocycles. The minimum atomic E-state index is -0.0805. The van der Waals surface area contributed by atoms with Crippen LogP contribution < -0.4 is 0 Å². The topological polar surface area (TPSA) is 17.1 Å². The molecule has 3 heteroatoms. The van der Waals surface area contributed by atoms with Crippen LogP contribution in [0.5, 0.6) is 0 Å². The molecule has 0 spiro atoms. The van der Waals surface area contributed by atoms with Crippen molar-refractivity contribution in [2.24, 2.45) is 0 Å². The second-order valence-electron chi connectivity index (χ2n) is 3.58. The van der Waals surface area contributed by atoms with E-state index in [9.17, 15) is 4.79 Å². The Kier molecular flexibility index (Phi) is 4.81. The van der Waals surface area contributed by atoms with Crippen molar-refractivity contribution in [2.45, 2.75) is 31.5 Å². The Bertz CT molecular complexity index is 363. The number of carbonyl (C=O) groups excluding carboxylic acids is 1. The Balaban J connectivity index is 2.87. The summed E-state index contributed by atoms with van der Waals surface area (Å²) in [7, 11) is 0. The minimum Gasteiger partial charge on any atom is -0.293 e. The predicted molar refractivity (Wildman–Crippen MR) is 68.1 cm³/mol. The first kappa shape index (κ1) is 12.7. The van der Waals surface area contributed by atoms with Crippen molar-refractivity contribution in [2.75, 3.05) is 0 Å². The number of carbonyl (C=O) groups is 1. The lowest BCUT2D eigenvalue weighted by Crippen LogP contribution is -2.13. The first-order valence-corrected chi connectivity index (χ1v) is 6.30. The van der Waals surface area contributed by atoms with Crippen LogP contribution in [-0.2, 0) is 0 Å². The first-order valence-electron chi connectivity index (χ1n) is 5.00. The van der Waals surface area contributed by atoms with E-state index in [4.69, 9.17) is 11.6 Å². The number of rotatable bonds is 4. The molecule has 0 aromatic heterocycles. The maximum Gasteiger partial charge on any atom is 0.176 e. The van der Waals surface area contributed by atoms with E-state index in [1.54, 1.807) is 12.1 Å².